The molecule has 1 aromatic rings. The summed E-state index contributed by atoms with van der Waals surface area (Å²) in [7, 11) is 4.03. The van der Waals surface area contributed by atoms with Gasteiger partial charge in [-0.1, -0.05) is 0 Å². The van der Waals surface area contributed by atoms with Gasteiger partial charge in [0, 0.05) is 30.7 Å². The van der Waals surface area contributed by atoms with E-state index in [2.05, 4.69) is 11.9 Å². The Balaban J connectivity index is 2.12. The normalized spacial score (nSPS) is 21.6. The van der Waals surface area contributed by atoms with Crippen molar-refractivity contribution in [1.29, 1.82) is 0 Å². The van der Waals surface area contributed by atoms with Crippen LogP contribution in [0.25, 0.3) is 0 Å². The van der Waals surface area contributed by atoms with Gasteiger partial charge in [0.05, 0.1) is 0 Å². The highest BCUT2D eigenvalue weighted by Gasteiger charge is 2.26. The molecule has 0 amide bonds. The predicted molar refractivity (Wildman–Crippen MR) is 76.4 cm³/mol. The van der Waals surface area contributed by atoms with Gasteiger partial charge in [-0.05, 0) is 51.7 Å². The van der Waals surface area contributed by atoms with E-state index in [1.54, 1.807) is 0 Å². The number of nitrogens with two attached hydrogens (primary N) is 1. The number of likely N-dealkylation sites (tertiary alicyclic amines) is 1. The highest BCUT2D eigenvalue weighted by molar-refractivity contribution is 5.22. The molecule has 0 radical (unpaired) electrons. The van der Waals surface area contributed by atoms with Crippen LogP contribution in [-0.2, 0) is 0 Å². The number of hydrogen-bond acceptors (Lipinski definition) is 3. The Bertz CT molecular complexity index is 453. The van der Waals surface area contributed by atoms with Crippen molar-refractivity contribution in [3.05, 3.63) is 35.4 Å². The summed E-state index contributed by atoms with van der Waals surface area (Å²) in [5, 5.41) is 0. The summed E-state index contributed by atoms with van der Waals surface area (Å²) in [6.07, 6.45) is 2.33. The number of halogens is 2. The Labute approximate surface area is 119 Å². The van der Waals surface area contributed by atoms with Crippen LogP contribution in [0.15, 0.2) is 18.2 Å². The predicted octanol–water partition coefficient (Wildman–Crippen LogP) is 1.99. The van der Waals surface area contributed by atoms with Gasteiger partial charge in [-0.15, -0.1) is 0 Å². The van der Waals surface area contributed by atoms with E-state index in [1.807, 2.05) is 11.9 Å². The third-order valence-electron chi connectivity index (χ3n) is 4.24. The summed E-state index contributed by atoms with van der Waals surface area (Å²) in [5.74, 6) is -0.820. The van der Waals surface area contributed by atoms with Crippen LogP contribution in [-0.4, -0.2) is 49.6 Å². The van der Waals surface area contributed by atoms with Gasteiger partial charge in [0.15, 0.2) is 0 Å². The molecule has 0 spiro atoms. The molecular formula is C15H23F2N3. The van der Waals surface area contributed by atoms with Crippen molar-refractivity contribution < 1.29 is 8.78 Å². The number of rotatable bonds is 5. The van der Waals surface area contributed by atoms with Gasteiger partial charge in [-0.3, -0.25) is 4.90 Å². The maximum absolute atomic E-state index is 13.9. The number of nitrogens with zero attached hydrogens (tertiary/aromatic N) is 2. The minimum absolute atomic E-state index is 0.271. The maximum Gasteiger partial charge on any atom is 0.128 e. The molecule has 20 heavy (non-hydrogen) atoms. The lowest BCUT2D eigenvalue weighted by Gasteiger charge is -2.32. The molecule has 2 rings (SSSR count). The topological polar surface area (TPSA) is 32.5 Å². The lowest BCUT2D eigenvalue weighted by molar-refractivity contribution is 0.177. The fourth-order valence-corrected chi connectivity index (χ4v) is 2.98. The zero-order chi connectivity index (χ0) is 14.7. The average molecular weight is 283 g/mol. The maximum atomic E-state index is 13.9. The van der Waals surface area contributed by atoms with Crippen LogP contribution in [0.1, 0.15) is 24.4 Å². The molecule has 1 saturated heterocycles. The van der Waals surface area contributed by atoms with Gasteiger partial charge in [0.1, 0.15) is 11.6 Å². The lowest BCUT2D eigenvalue weighted by Crippen LogP contribution is -2.40. The fourth-order valence-electron chi connectivity index (χ4n) is 2.98. The standard InChI is InChI=1S/C15H23F2N3/c1-19-7-3-4-12(19)10-20(2)15(9-18)13-8-11(16)5-6-14(13)17/h5-6,8,12,15H,3-4,7,9-10,18H2,1-2H3. The first-order chi connectivity index (χ1) is 9.52. The van der Waals surface area contributed by atoms with Gasteiger partial charge >= 0.3 is 0 Å². The second-order valence-corrected chi connectivity index (χ2v) is 5.63. The molecular weight excluding hydrogens is 260 g/mol. The molecule has 0 aromatic heterocycles. The molecule has 2 N–H and O–H groups in total. The van der Waals surface area contributed by atoms with E-state index in [1.165, 1.54) is 18.6 Å². The third-order valence-corrected chi connectivity index (χ3v) is 4.24. The van der Waals surface area contributed by atoms with Crippen LogP contribution >= 0.6 is 0 Å². The van der Waals surface area contributed by atoms with E-state index >= 15 is 0 Å². The minimum Gasteiger partial charge on any atom is -0.329 e. The van der Waals surface area contributed by atoms with Gasteiger partial charge in [0.2, 0.25) is 0 Å². The van der Waals surface area contributed by atoms with Crippen LogP contribution < -0.4 is 5.73 Å². The van der Waals surface area contributed by atoms with Crippen LogP contribution in [0.5, 0.6) is 0 Å². The molecule has 3 nitrogen and oxygen atoms in total. The van der Waals surface area contributed by atoms with Crippen LogP contribution in [0, 0.1) is 11.6 Å². The van der Waals surface area contributed by atoms with Gasteiger partial charge in [-0.25, -0.2) is 8.78 Å². The van der Waals surface area contributed by atoms with Gasteiger partial charge in [0.25, 0.3) is 0 Å². The quantitative estimate of drug-likeness (QED) is 0.897. The minimum atomic E-state index is -0.425. The van der Waals surface area contributed by atoms with Gasteiger partial charge < -0.3 is 10.6 Å². The third kappa shape index (κ3) is 3.34. The molecule has 112 valence electrons. The highest BCUT2D eigenvalue weighted by Crippen LogP contribution is 2.24. The Kier molecular flexibility index (Phi) is 5.07. The van der Waals surface area contributed by atoms with E-state index in [-0.39, 0.29) is 12.6 Å². The van der Waals surface area contributed by atoms with Crippen molar-refractivity contribution in [2.45, 2.75) is 24.9 Å². The average Bonchev–Trinajstić information content (AvgIpc) is 2.80. The zero-order valence-electron chi connectivity index (χ0n) is 12.1. The Morgan fingerprint density at radius 2 is 2.20 bits per heavy atom. The summed E-state index contributed by atoms with van der Waals surface area (Å²) < 4.78 is 27.2. The zero-order valence-corrected chi connectivity index (χ0v) is 12.1. The summed E-state index contributed by atoms with van der Waals surface area (Å²) in [6, 6.07) is 3.73. The van der Waals surface area contributed by atoms with Crippen molar-refractivity contribution in [2.24, 2.45) is 5.73 Å². The van der Waals surface area contributed by atoms with Crippen LogP contribution in [0.3, 0.4) is 0 Å². The summed E-state index contributed by atoms with van der Waals surface area (Å²) >= 11 is 0. The monoisotopic (exact) mass is 283 g/mol. The SMILES string of the molecule is CN1CCCC1CN(C)C(CN)c1cc(F)ccc1F. The highest BCUT2D eigenvalue weighted by atomic mass is 19.1. The van der Waals surface area contributed by atoms with Crippen molar-refractivity contribution >= 4 is 0 Å². The van der Waals surface area contributed by atoms with E-state index < -0.39 is 11.6 Å². The van der Waals surface area contributed by atoms with Crippen LogP contribution in [0.2, 0.25) is 0 Å². The molecule has 1 heterocycles. The first-order valence-corrected chi connectivity index (χ1v) is 7.08. The second-order valence-electron chi connectivity index (χ2n) is 5.63. The van der Waals surface area contributed by atoms with E-state index in [0.717, 1.165) is 25.6 Å². The molecule has 1 aliphatic heterocycles. The van der Waals surface area contributed by atoms with E-state index in [0.29, 0.717) is 11.6 Å². The fraction of sp³-hybridized carbons (Fsp3) is 0.600. The van der Waals surface area contributed by atoms with Crippen molar-refractivity contribution in [3.8, 4) is 0 Å². The molecule has 1 aromatic carbocycles. The molecule has 2 unspecified atom stereocenters. The Morgan fingerprint density at radius 3 is 2.80 bits per heavy atom. The smallest absolute Gasteiger partial charge is 0.128 e. The van der Waals surface area contributed by atoms with Gasteiger partial charge in [-0.2, -0.15) is 0 Å². The summed E-state index contributed by atoms with van der Waals surface area (Å²) in [4.78, 5) is 4.34. The molecule has 0 saturated carbocycles. The number of hydrogen-bond donors (Lipinski definition) is 1. The molecule has 0 bridgehead atoms. The lowest BCUT2D eigenvalue weighted by atomic mass is 10.0. The Hall–Kier alpha value is -1.04. The van der Waals surface area contributed by atoms with Crippen molar-refractivity contribution in [2.75, 3.05) is 33.7 Å². The summed E-state index contributed by atoms with van der Waals surface area (Å²) in [5.41, 5.74) is 6.13. The van der Waals surface area contributed by atoms with Crippen molar-refractivity contribution in [3.63, 3.8) is 0 Å². The van der Waals surface area contributed by atoms with E-state index in [4.69, 9.17) is 5.73 Å². The number of benzene rings is 1. The second kappa shape index (κ2) is 6.61. The first kappa shape index (κ1) is 15.4. The van der Waals surface area contributed by atoms with E-state index in [9.17, 15) is 8.78 Å². The first-order valence-electron chi connectivity index (χ1n) is 7.08. The molecule has 1 fully saturated rings. The largest absolute Gasteiger partial charge is 0.329 e. The molecule has 0 aliphatic carbocycles. The van der Waals surface area contributed by atoms with Crippen molar-refractivity contribution in [1.82, 2.24) is 9.80 Å². The number of likely N-dealkylation sites (N-methyl/N-ethyl adjacent to an activating group) is 2. The Morgan fingerprint density at radius 1 is 1.45 bits per heavy atom. The van der Waals surface area contributed by atoms with Crippen LogP contribution in [0.4, 0.5) is 8.78 Å². The summed E-state index contributed by atoms with van der Waals surface area (Å²) in [6.45, 7) is 2.18. The molecule has 5 heteroatoms. The molecule has 2 atom stereocenters. The molecule has 1 aliphatic rings.